The van der Waals surface area contributed by atoms with Crippen LogP contribution in [0.15, 0.2) is 59.3 Å². The van der Waals surface area contributed by atoms with E-state index >= 15 is 0 Å². The van der Waals surface area contributed by atoms with E-state index in [1.165, 1.54) is 0 Å². The molecule has 3 rings (SSSR count). The molecule has 0 saturated heterocycles. The summed E-state index contributed by atoms with van der Waals surface area (Å²) in [6, 6.07) is 12.8. The van der Waals surface area contributed by atoms with Crippen LogP contribution >= 0.6 is 0 Å². The van der Waals surface area contributed by atoms with Gasteiger partial charge in [0.2, 0.25) is 0 Å². The number of hydrogen-bond acceptors (Lipinski definition) is 6. The Bertz CT molecular complexity index is 910. The third-order valence-electron chi connectivity index (χ3n) is 4.19. The predicted molar refractivity (Wildman–Crippen MR) is 106 cm³/mol. The number of anilines is 1. The lowest BCUT2D eigenvalue weighted by Gasteiger charge is -2.11. The Labute approximate surface area is 163 Å². The van der Waals surface area contributed by atoms with Crippen LogP contribution in [-0.2, 0) is 13.0 Å². The van der Waals surface area contributed by atoms with Gasteiger partial charge in [-0.3, -0.25) is 4.79 Å². The van der Waals surface area contributed by atoms with Crippen molar-refractivity contribution in [3.63, 3.8) is 0 Å². The highest BCUT2D eigenvalue weighted by Crippen LogP contribution is 2.27. The number of methoxy groups -OCH3 is 2. The lowest BCUT2D eigenvalue weighted by molar-refractivity contribution is 0.0948. The summed E-state index contributed by atoms with van der Waals surface area (Å²) in [5, 5.41) is 6.06. The van der Waals surface area contributed by atoms with Gasteiger partial charge in [0.25, 0.3) is 5.91 Å². The van der Waals surface area contributed by atoms with Gasteiger partial charge in [-0.25, -0.2) is 4.98 Å². The average Bonchev–Trinajstić information content (AvgIpc) is 3.25. The van der Waals surface area contributed by atoms with Crippen molar-refractivity contribution in [1.29, 1.82) is 0 Å². The normalized spacial score (nSPS) is 10.4. The van der Waals surface area contributed by atoms with E-state index in [9.17, 15) is 4.79 Å². The highest BCUT2D eigenvalue weighted by molar-refractivity contribution is 5.94. The molecule has 0 aliphatic rings. The summed E-state index contributed by atoms with van der Waals surface area (Å²) in [5.74, 6) is 2.58. The second-order valence-electron chi connectivity index (χ2n) is 6.06. The van der Waals surface area contributed by atoms with Gasteiger partial charge in [0.1, 0.15) is 11.6 Å². The number of amides is 1. The maximum Gasteiger partial charge on any atom is 0.251 e. The van der Waals surface area contributed by atoms with Gasteiger partial charge in [-0.05, 0) is 48.4 Å². The van der Waals surface area contributed by atoms with Crippen molar-refractivity contribution in [2.24, 2.45) is 0 Å². The van der Waals surface area contributed by atoms with Gasteiger partial charge in [0.15, 0.2) is 11.5 Å². The number of hydrogen-bond donors (Lipinski definition) is 2. The zero-order valence-electron chi connectivity index (χ0n) is 15.9. The van der Waals surface area contributed by atoms with Crippen molar-refractivity contribution in [1.82, 2.24) is 10.3 Å². The van der Waals surface area contributed by atoms with E-state index < -0.39 is 0 Å². The van der Waals surface area contributed by atoms with Gasteiger partial charge < -0.3 is 24.5 Å². The summed E-state index contributed by atoms with van der Waals surface area (Å²) in [7, 11) is 3.23. The Morgan fingerprint density at radius 1 is 1.11 bits per heavy atom. The molecule has 0 aliphatic heterocycles. The largest absolute Gasteiger partial charge is 0.493 e. The molecule has 2 heterocycles. The minimum absolute atomic E-state index is 0.179. The van der Waals surface area contributed by atoms with Crippen molar-refractivity contribution >= 4 is 11.7 Å². The van der Waals surface area contributed by atoms with Crippen LogP contribution in [0.3, 0.4) is 0 Å². The molecule has 1 amide bonds. The number of carbonyl (C=O) groups excluding carboxylic acids is 1. The number of rotatable bonds is 9. The van der Waals surface area contributed by atoms with Crippen LogP contribution in [0.4, 0.5) is 5.82 Å². The Kier molecular flexibility index (Phi) is 6.51. The van der Waals surface area contributed by atoms with E-state index in [4.69, 9.17) is 13.9 Å². The fourth-order valence-corrected chi connectivity index (χ4v) is 2.72. The highest BCUT2D eigenvalue weighted by Gasteiger charge is 2.08. The first-order chi connectivity index (χ1) is 13.7. The molecule has 7 nitrogen and oxygen atoms in total. The van der Waals surface area contributed by atoms with E-state index in [0.29, 0.717) is 41.7 Å². The van der Waals surface area contributed by atoms with Crippen LogP contribution in [0, 0.1) is 0 Å². The van der Waals surface area contributed by atoms with Crippen LogP contribution < -0.4 is 20.1 Å². The SMILES string of the molecule is COc1ccc(CCNc2cc(C(=O)NCc3ccco3)ccn2)cc1OC. The summed E-state index contributed by atoms with van der Waals surface area (Å²) in [5.41, 5.74) is 1.65. The lowest BCUT2D eigenvalue weighted by atomic mass is 10.1. The molecule has 0 unspecified atom stereocenters. The molecule has 2 aromatic heterocycles. The van der Waals surface area contributed by atoms with E-state index in [2.05, 4.69) is 15.6 Å². The minimum atomic E-state index is -0.179. The molecule has 1 aromatic carbocycles. The molecule has 3 aromatic rings. The Balaban J connectivity index is 1.53. The number of nitrogens with one attached hydrogen (secondary N) is 2. The molecule has 146 valence electrons. The third kappa shape index (κ3) is 5.03. The lowest BCUT2D eigenvalue weighted by Crippen LogP contribution is -2.22. The second-order valence-corrected chi connectivity index (χ2v) is 6.06. The molecule has 0 spiro atoms. The Morgan fingerprint density at radius 3 is 2.71 bits per heavy atom. The van der Waals surface area contributed by atoms with Crippen LogP contribution in [0.2, 0.25) is 0 Å². The van der Waals surface area contributed by atoms with Crippen molar-refractivity contribution in [3.05, 3.63) is 71.8 Å². The fourth-order valence-electron chi connectivity index (χ4n) is 2.72. The van der Waals surface area contributed by atoms with Gasteiger partial charge in [-0.1, -0.05) is 6.07 Å². The number of carbonyl (C=O) groups is 1. The van der Waals surface area contributed by atoms with Crippen LogP contribution in [0.1, 0.15) is 21.7 Å². The maximum atomic E-state index is 12.3. The van der Waals surface area contributed by atoms with Crippen LogP contribution in [0.25, 0.3) is 0 Å². The fraction of sp³-hybridized carbons (Fsp3) is 0.238. The van der Waals surface area contributed by atoms with Crippen LogP contribution in [0.5, 0.6) is 11.5 Å². The number of nitrogens with zero attached hydrogens (tertiary/aromatic N) is 1. The molecule has 0 fully saturated rings. The van der Waals surface area contributed by atoms with Gasteiger partial charge >= 0.3 is 0 Å². The van der Waals surface area contributed by atoms with Gasteiger partial charge in [-0.15, -0.1) is 0 Å². The first kappa shape index (κ1) is 19.3. The predicted octanol–water partition coefficient (Wildman–Crippen LogP) is 3.28. The van der Waals surface area contributed by atoms with Gasteiger partial charge in [0.05, 0.1) is 27.0 Å². The van der Waals surface area contributed by atoms with E-state index in [1.54, 1.807) is 44.9 Å². The molecule has 7 heteroatoms. The zero-order valence-corrected chi connectivity index (χ0v) is 15.9. The molecule has 0 atom stereocenters. The highest BCUT2D eigenvalue weighted by atomic mass is 16.5. The smallest absolute Gasteiger partial charge is 0.251 e. The minimum Gasteiger partial charge on any atom is -0.493 e. The van der Waals surface area contributed by atoms with Gasteiger partial charge in [-0.2, -0.15) is 0 Å². The topological polar surface area (TPSA) is 85.6 Å². The Morgan fingerprint density at radius 2 is 1.96 bits per heavy atom. The first-order valence-corrected chi connectivity index (χ1v) is 8.91. The first-order valence-electron chi connectivity index (χ1n) is 8.91. The molecular weight excluding hydrogens is 358 g/mol. The second kappa shape index (κ2) is 9.45. The van der Waals surface area contributed by atoms with Crippen molar-refractivity contribution < 1.29 is 18.7 Å². The average molecular weight is 381 g/mol. The zero-order chi connectivity index (χ0) is 19.8. The van der Waals surface area contributed by atoms with Gasteiger partial charge in [0, 0.05) is 18.3 Å². The monoisotopic (exact) mass is 381 g/mol. The number of benzene rings is 1. The quantitative estimate of drug-likeness (QED) is 0.592. The molecule has 2 N–H and O–H groups in total. The third-order valence-corrected chi connectivity index (χ3v) is 4.19. The molecular formula is C21H23N3O4. The number of ether oxygens (including phenoxy) is 2. The molecule has 28 heavy (non-hydrogen) atoms. The van der Waals surface area contributed by atoms with Crippen molar-refractivity contribution in [2.75, 3.05) is 26.1 Å². The van der Waals surface area contributed by atoms with E-state index in [0.717, 1.165) is 12.0 Å². The van der Waals surface area contributed by atoms with Crippen molar-refractivity contribution in [3.8, 4) is 11.5 Å². The summed E-state index contributed by atoms with van der Waals surface area (Å²) in [4.78, 5) is 16.6. The number of aromatic nitrogens is 1. The summed E-state index contributed by atoms with van der Waals surface area (Å²) in [6.07, 6.45) is 3.96. The van der Waals surface area contributed by atoms with Crippen LogP contribution in [-0.4, -0.2) is 31.7 Å². The van der Waals surface area contributed by atoms with E-state index in [-0.39, 0.29) is 5.91 Å². The summed E-state index contributed by atoms with van der Waals surface area (Å²) >= 11 is 0. The molecule has 0 saturated carbocycles. The van der Waals surface area contributed by atoms with E-state index in [1.807, 2.05) is 24.3 Å². The maximum absolute atomic E-state index is 12.3. The summed E-state index contributed by atoms with van der Waals surface area (Å²) in [6.45, 7) is 1.01. The molecule has 0 radical (unpaired) electrons. The van der Waals surface area contributed by atoms with Crippen molar-refractivity contribution in [2.45, 2.75) is 13.0 Å². The molecule has 0 bridgehead atoms. The Hall–Kier alpha value is -3.48. The molecule has 0 aliphatic carbocycles. The number of pyridine rings is 1. The summed E-state index contributed by atoms with van der Waals surface area (Å²) < 4.78 is 15.8. The standard InChI is InChI=1S/C21H23N3O4/c1-26-18-6-5-15(12-19(18)27-2)7-9-22-20-13-16(8-10-23-20)21(25)24-14-17-4-3-11-28-17/h3-6,8,10-13H,7,9,14H2,1-2H3,(H,22,23)(H,24,25). The number of furan rings is 1.